The first-order chi connectivity index (χ1) is 7.63. The molecule has 0 saturated heterocycles. The highest BCUT2D eigenvalue weighted by Gasteiger charge is 2.04. The van der Waals surface area contributed by atoms with Crippen LogP contribution < -0.4 is 5.73 Å². The van der Waals surface area contributed by atoms with Crippen LogP contribution in [0.2, 0.25) is 0 Å². The molecule has 1 heterocycles. The summed E-state index contributed by atoms with van der Waals surface area (Å²) in [6.45, 7) is 8.94. The van der Waals surface area contributed by atoms with Gasteiger partial charge in [-0.3, -0.25) is 0 Å². The van der Waals surface area contributed by atoms with Crippen molar-refractivity contribution in [2.24, 2.45) is 11.7 Å². The zero-order chi connectivity index (χ0) is 12.0. The molecule has 0 aromatic carbocycles. The van der Waals surface area contributed by atoms with E-state index in [4.69, 9.17) is 10.5 Å². The summed E-state index contributed by atoms with van der Waals surface area (Å²) < 4.78 is 7.69. The standard InChI is InChI=1S/C13H24N2O/c1-4-13(14)12-5-6-15(9-12)7-8-16-10-11(2)3/h5-6,9,11,13H,4,7-8,10,14H2,1-3H3. The molecule has 1 atom stereocenters. The molecule has 1 rings (SSSR count). The minimum absolute atomic E-state index is 0.165. The van der Waals surface area contributed by atoms with Gasteiger partial charge in [0.15, 0.2) is 0 Å². The number of hydrogen-bond acceptors (Lipinski definition) is 2. The van der Waals surface area contributed by atoms with E-state index in [1.54, 1.807) is 0 Å². The number of hydrogen-bond donors (Lipinski definition) is 1. The molecule has 0 bridgehead atoms. The van der Waals surface area contributed by atoms with Crippen LogP contribution in [0.3, 0.4) is 0 Å². The van der Waals surface area contributed by atoms with Crippen LogP contribution in [0, 0.1) is 5.92 Å². The molecule has 0 spiro atoms. The largest absolute Gasteiger partial charge is 0.379 e. The first-order valence-corrected chi connectivity index (χ1v) is 6.12. The third-order valence-electron chi connectivity index (χ3n) is 2.59. The molecule has 0 amide bonds. The van der Waals surface area contributed by atoms with Crippen LogP contribution in [0.1, 0.15) is 38.8 Å². The summed E-state index contributed by atoms with van der Waals surface area (Å²) in [7, 11) is 0. The maximum absolute atomic E-state index is 5.96. The molecular formula is C13H24N2O. The fraction of sp³-hybridized carbons (Fsp3) is 0.692. The van der Waals surface area contributed by atoms with Crippen molar-refractivity contribution < 1.29 is 4.74 Å². The smallest absolute Gasteiger partial charge is 0.0645 e. The Morgan fingerprint density at radius 1 is 1.44 bits per heavy atom. The fourth-order valence-corrected chi connectivity index (χ4v) is 1.54. The summed E-state index contributed by atoms with van der Waals surface area (Å²) in [5, 5.41) is 0. The molecule has 0 radical (unpaired) electrons. The molecule has 0 aliphatic rings. The van der Waals surface area contributed by atoms with E-state index < -0.39 is 0 Å². The predicted molar refractivity (Wildman–Crippen MR) is 67.3 cm³/mol. The fourth-order valence-electron chi connectivity index (χ4n) is 1.54. The molecule has 1 unspecified atom stereocenters. The highest BCUT2D eigenvalue weighted by Crippen LogP contribution is 2.13. The number of nitrogens with zero attached hydrogens (tertiary/aromatic N) is 1. The van der Waals surface area contributed by atoms with Crippen LogP contribution in [0.25, 0.3) is 0 Å². The van der Waals surface area contributed by atoms with Gasteiger partial charge >= 0.3 is 0 Å². The molecule has 1 aromatic rings. The summed E-state index contributed by atoms with van der Waals surface area (Å²) in [6, 6.07) is 2.26. The highest BCUT2D eigenvalue weighted by atomic mass is 16.5. The Balaban J connectivity index is 2.29. The Hall–Kier alpha value is -0.800. The molecule has 3 heteroatoms. The molecule has 0 aliphatic heterocycles. The lowest BCUT2D eigenvalue weighted by Gasteiger charge is -2.08. The van der Waals surface area contributed by atoms with Crippen molar-refractivity contribution in [1.82, 2.24) is 4.57 Å². The molecule has 1 aromatic heterocycles. The maximum Gasteiger partial charge on any atom is 0.0645 e. The Labute approximate surface area is 98.6 Å². The summed E-state index contributed by atoms with van der Waals surface area (Å²) >= 11 is 0. The molecule has 3 nitrogen and oxygen atoms in total. The Bertz CT molecular complexity index is 294. The summed E-state index contributed by atoms with van der Waals surface area (Å²) in [6.07, 6.45) is 5.17. The van der Waals surface area contributed by atoms with E-state index in [1.807, 2.05) is 0 Å². The zero-order valence-electron chi connectivity index (χ0n) is 10.6. The Kier molecular flexibility index (Phi) is 5.56. The number of nitrogens with two attached hydrogens (primary N) is 1. The second kappa shape index (κ2) is 6.71. The third-order valence-corrected chi connectivity index (χ3v) is 2.59. The van der Waals surface area contributed by atoms with Crippen molar-refractivity contribution in [3.05, 3.63) is 24.0 Å². The lowest BCUT2D eigenvalue weighted by Crippen LogP contribution is -2.09. The molecule has 0 aliphatic carbocycles. The normalized spacial score (nSPS) is 13.3. The van der Waals surface area contributed by atoms with Gasteiger partial charge in [-0.05, 0) is 24.0 Å². The van der Waals surface area contributed by atoms with Crippen molar-refractivity contribution >= 4 is 0 Å². The molecular weight excluding hydrogens is 200 g/mol. The van der Waals surface area contributed by atoms with Crippen LogP contribution in [-0.4, -0.2) is 17.8 Å². The van der Waals surface area contributed by atoms with Crippen LogP contribution >= 0.6 is 0 Å². The van der Waals surface area contributed by atoms with Gasteiger partial charge in [0.05, 0.1) is 6.61 Å². The van der Waals surface area contributed by atoms with Gasteiger partial charge in [-0.25, -0.2) is 0 Å². The van der Waals surface area contributed by atoms with Gasteiger partial charge in [-0.2, -0.15) is 0 Å². The molecule has 0 fully saturated rings. The minimum atomic E-state index is 0.165. The Morgan fingerprint density at radius 2 is 2.19 bits per heavy atom. The van der Waals surface area contributed by atoms with Crippen LogP contribution in [0.15, 0.2) is 18.5 Å². The van der Waals surface area contributed by atoms with Crippen molar-refractivity contribution in [2.45, 2.75) is 39.8 Å². The first kappa shape index (κ1) is 13.3. The molecule has 2 N–H and O–H groups in total. The van der Waals surface area contributed by atoms with Gasteiger partial charge in [0.1, 0.15) is 0 Å². The SMILES string of the molecule is CCC(N)c1ccn(CCOCC(C)C)c1. The predicted octanol–water partition coefficient (Wildman–Crippen LogP) is 2.57. The van der Waals surface area contributed by atoms with E-state index >= 15 is 0 Å². The second-order valence-electron chi connectivity index (χ2n) is 4.67. The lowest BCUT2D eigenvalue weighted by atomic mass is 10.1. The van der Waals surface area contributed by atoms with E-state index in [0.29, 0.717) is 5.92 Å². The van der Waals surface area contributed by atoms with Gasteiger partial charge in [-0.1, -0.05) is 20.8 Å². The van der Waals surface area contributed by atoms with Gasteiger partial charge in [-0.15, -0.1) is 0 Å². The molecule has 92 valence electrons. The van der Waals surface area contributed by atoms with Gasteiger partial charge in [0.2, 0.25) is 0 Å². The average molecular weight is 224 g/mol. The van der Waals surface area contributed by atoms with E-state index in [9.17, 15) is 0 Å². The van der Waals surface area contributed by atoms with Crippen LogP contribution in [0.5, 0.6) is 0 Å². The molecule has 16 heavy (non-hydrogen) atoms. The van der Waals surface area contributed by atoms with Crippen LogP contribution in [-0.2, 0) is 11.3 Å². The monoisotopic (exact) mass is 224 g/mol. The lowest BCUT2D eigenvalue weighted by molar-refractivity contribution is 0.103. The summed E-state index contributed by atoms with van der Waals surface area (Å²) in [4.78, 5) is 0. The van der Waals surface area contributed by atoms with Crippen molar-refractivity contribution in [3.8, 4) is 0 Å². The van der Waals surface area contributed by atoms with Gasteiger partial charge in [0.25, 0.3) is 0 Å². The quantitative estimate of drug-likeness (QED) is 0.723. The maximum atomic E-state index is 5.96. The van der Waals surface area contributed by atoms with Gasteiger partial charge < -0.3 is 15.0 Å². The summed E-state index contributed by atoms with van der Waals surface area (Å²) in [5.41, 5.74) is 7.17. The zero-order valence-corrected chi connectivity index (χ0v) is 10.6. The minimum Gasteiger partial charge on any atom is -0.379 e. The second-order valence-corrected chi connectivity index (χ2v) is 4.67. The number of rotatable bonds is 7. The topological polar surface area (TPSA) is 40.2 Å². The Morgan fingerprint density at radius 3 is 2.81 bits per heavy atom. The van der Waals surface area contributed by atoms with E-state index in [0.717, 1.165) is 26.2 Å². The molecule has 0 saturated carbocycles. The van der Waals surface area contributed by atoms with Crippen LogP contribution in [0.4, 0.5) is 0 Å². The first-order valence-electron chi connectivity index (χ1n) is 6.12. The average Bonchev–Trinajstić information content (AvgIpc) is 2.71. The van der Waals surface area contributed by atoms with E-state index in [-0.39, 0.29) is 6.04 Å². The third kappa shape index (κ3) is 4.37. The number of ether oxygens (including phenoxy) is 1. The van der Waals surface area contributed by atoms with E-state index in [1.165, 1.54) is 5.56 Å². The van der Waals surface area contributed by atoms with Crippen molar-refractivity contribution in [3.63, 3.8) is 0 Å². The van der Waals surface area contributed by atoms with Crippen molar-refractivity contribution in [1.29, 1.82) is 0 Å². The summed E-state index contributed by atoms with van der Waals surface area (Å²) in [5.74, 6) is 0.605. The van der Waals surface area contributed by atoms with E-state index in [2.05, 4.69) is 43.8 Å². The van der Waals surface area contributed by atoms with Gasteiger partial charge in [0, 0.05) is 31.6 Å². The highest BCUT2D eigenvalue weighted by molar-refractivity contribution is 5.14. The van der Waals surface area contributed by atoms with Crippen molar-refractivity contribution in [2.75, 3.05) is 13.2 Å². The number of aromatic nitrogens is 1.